The van der Waals surface area contributed by atoms with Gasteiger partial charge in [-0.15, -0.1) is 0 Å². The topological polar surface area (TPSA) is 55.6 Å². The van der Waals surface area contributed by atoms with Gasteiger partial charge in [-0.05, 0) is 19.1 Å². The third-order valence-electron chi connectivity index (χ3n) is 2.78. The summed E-state index contributed by atoms with van der Waals surface area (Å²) in [5.74, 6) is 0.712. The number of nitrogens with zero attached hydrogens (tertiary/aromatic N) is 1. The first kappa shape index (κ1) is 9.98. The molecule has 1 saturated heterocycles. The molecule has 0 unspecified atom stereocenters. The smallest absolute Gasteiger partial charge is 0.246 e. The fourth-order valence-corrected chi connectivity index (χ4v) is 1.77. The molecule has 1 heterocycles. The maximum absolute atomic E-state index is 11.5. The molecule has 2 N–H and O–H groups in total. The molecule has 80 valence electrons. The van der Waals surface area contributed by atoms with Crippen LogP contribution in [0.25, 0.3) is 0 Å². The molecule has 1 aliphatic heterocycles. The zero-order chi connectivity index (χ0) is 11.0. The lowest BCUT2D eigenvalue weighted by Crippen LogP contribution is -2.67. The molecule has 2 atom stereocenters. The van der Waals surface area contributed by atoms with Crippen LogP contribution in [-0.2, 0) is 4.79 Å². The molecule has 0 saturated carbocycles. The maximum Gasteiger partial charge on any atom is 0.246 e. The molecule has 1 aromatic rings. The SMILES string of the molecule is COc1cccc(N2C(=O)[C@@H](N)[C@H]2C)c1. The lowest BCUT2D eigenvalue weighted by atomic mass is 9.97. The van der Waals surface area contributed by atoms with E-state index in [0.29, 0.717) is 0 Å². The maximum atomic E-state index is 11.5. The summed E-state index contributed by atoms with van der Waals surface area (Å²) >= 11 is 0. The van der Waals surface area contributed by atoms with Crippen molar-refractivity contribution in [1.29, 1.82) is 0 Å². The van der Waals surface area contributed by atoms with Crippen molar-refractivity contribution in [3.05, 3.63) is 24.3 Å². The first-order chi connectivity index (χ1) is 7.15. The summed E-state index contributed by atoms with van der Waals surface area (Å²) < 4.78 is 5.10. The van der Waals surface area contributed by atoms with Crippen molar-refractivity contribution in [2.24, 2.45) is 5.73 Å². The highest BCUT2D eigenvalue weighted by Gasteiger charge is 2.42. The Morgan fingerprint density at radius 1 is 1.47 bits per heavy atom. The number of carbonyl (C=O) groups excluding carboxylic acids is 1. The fourth-order valence-electron chi connectivity index (χ4n) is 1.77. The highest BCUT2D eigenvalue weighted by Crippen LogP contribution is 2.29. The number of rotatable bonds is 2. The van der Waals surface area contributed by atoms with Crippen molar-refractivity contribution in [3.63, 3.8) is 0 Å². The predicted molar refractivity (Wildman–Crippen MR) is 57.9 cm³/mol. The number of nitrogens with two attached hydrogens (primary N) is 1. The van der Waals surface area contributed by atoms with Crippen LogP contribution < -0.4 is 15.4 Å². The summed E-state index contributed by atoms with van der Waals surface area (Å²) in [6, 6.07) is 7.11. The van der Waals surface area contributed by atoms with Gasteiger partial charge in [-0.3, -0.25) is 4.79 Å². The van der Waals surface area contributed by atoms with Gasteiger partial charge < -0.3 is 15.4 Å². The number of ether oxygens (including phenoxy) is 1. The van der Waals surface area contributed by atoms with Crippen molar-refractivity contribution >= 4 is 11.6 Å². The summed E-state index contributed by atoms with van der Waals surface area (Å²) in [6.07, 6.45) is 0. The number of hydrogen-bond donors (Lipinski definition) is 1. The zero-order valence-electron chi connectivity index (χ0n) is 8.81. The molecular weight excluding hydrogens is 192 g/mol. The van der Waals surface area contributed by atoms with Crippen LogP contribution in [0.15, 0.2) is 24.3 Å². The van der Waals surface area contributed by atoms with E-state index in [1.54, 1.807) is 12.0 Å². The van der Waals surface area contributed by atoms with Crippen molar-refractivity contribution in [1.82, 2.24) is 0 Å². The van der Waals surface area contributed by atoms with E-state index in [9.17, 15) is 4.79 Å². The van der Waals surface area contributed by atoms with E-state index in [0.717, 1.165) is 11.4 Å². The van der Waals surface area contributed by atoms with Crippen LogP contribution in [0.4, 0.5) is 5.69 Å². The zero-order valence-corrected chi connectivity index (χ0v) is 8.81. The number of benzene rings is 1. The van der Waals surface area contributed by atoms with E-state index in [1.807, 2.05) is 31.2 Å². The lowest BCUT2D eigenvalue weighted by molar-refractivity contribution is -0.125. The average molecular weight is 206 g/mol. The second kappa shape index (κ2) is 3.55. The van der Waals surface area contributed by atoms with Crippen molar-refractivity contribution in [2.75, 3.05) is 12.0 Å². The minimum Gasteiger partial charge on any atom is -0.497 e. The van der Waals surface area contributed by atoms with Gasteiger partial charge in [0.2, 0.25) is 5.91 Å². The minimum absolute atomic E-state index is 0.0317. The summed E-state index contributed by atoms with van der Waals surface area (Å²) in [5, 5.41) is 0. The largest absolute Gasteiger partial charge is 0.497 e. The molecule has 1 amide bonds. The van der Waals surface area contributed by atoms with E-state index in [-0.39, 0.29) is 18.0 Å². The van der Waals surface area contributed by atoms with Gasteiger partial charge >= 0.3 is 0 Å². The predicted octanol–water partition coefficient (Wildman–Crippen LogP) is 0.758. The summed E-state index contributed by atoms with van der Waals surface area (Å²) in [6.45, 7) is 1.94. The Hall–Kier alpha value is -1.55. The van der Waals surface area contributed by atoms with Gasteiger partial charge in [-0.2, -0.15) is 0 Å². The molecule has 4 heteroatoms. The van der Waals surface area contributed by atoms with Gasteiger partial charge in [0, 0.05) is 11.8 Å². The molecule has 0 aromatic heterocycles. The Bertz CT molecular complexity index is 392. The number of amides is 1. The molecule has 15 heavy (non-hydrogen) atoms. The highest BCUT2D eigenvalue weighted by molar-refractivity contribution is 6.05. The Kier molecular flexibility index (Phi) is 2.36. The van der Waals surface area contributed by atoms with Crippen molar-refractivity contribution in [2.45, 2.75) is 19.0 Å². The van der Waals surface area contributed by atoms with Crippen molar-refractivity contribution in [3.8, 4) is 5.75 Å². The molecule has 0 radical (unpaired) electrons. The molecule has 1 aliphatic rings. The average Bonchev–Trinajstić information content (AvgIpc) is 2.29. The molecule has 4 nitrogen and oxygen atoms in total. The van der Waals surface area contributed by atoms with Gasteiger partial charge in [-0.1, -0.05) is 6.07 Å². The van der Waals surface area contributed by atoms with Crippen LogP contribution in [0.5, 0.6) is 5.75 Å². The minimum atomic E-state index is -0.365. The van der Waals surface area contributed by atoms with Crippen LogP contribution in [0.3, 0.4) is 0 Å². The van der Waals surface area contributed by atoms with Gasteiger partial charge in [0.1, 0.15) is 11.8 Å². The van der Waals surface area contributed by atoms with Crippen LogP contribution in [0, 0.1) is 0 Å². The van der Waals surface area contributed by atoms with Gasteiger partial charge in [0.05, 0.1) is 13.2 Å². The second-order valence-corrected chi connectivity index (χ2v) is 3.68. The Balaban J connectivity index is 2.27. The number of β-lactam (4-membered cyclic amide) rings is 1. The van der Waals surface area contributed by atoms with Crippen molar-refractivity contribution < 1.29 is 9.53 Å². The lowest BCUT2D eigenvalue weighted by Gasteiger charge is -2.43. The number of carbonyl (C=O) groups is 1. The van der Waals surface area contributed by atoms with Gasteiger partial charge in [0.15, 0.2) is 0 Å². The van der Waals surface area contributed by atoms with Crippen LogP contribution in [0.2, 0.25) is 0 Å². The molecule has 1 aromatic carbocycles. The number of anilines is 1. The molecule has 1 fully saturated rings. The molecule has 0 bridgehead atoms. The van der Waals surface area contributed by atoms with E-state index >= 15 is 0 Å². The molecule has 2 rings (SSSR count). The van der Waals surface area contributed by atoms with Crippen LogP contribution in [-0.4, -0.2) is 25.1 Å². The summed E-state index contributed by atoms with van der Waals surface area (Å²) in [7, 11) is 1.60. The van der Waals surface area contributed by atoms with E-state index < -0.39 is 0 Å². The first-order valence-corrected chi connectivity index (χ1v) is 4.88. The standard InChI is InChI=1S/C11H14N2O2/c1-7-10(12)11(14)13(7)8-4-3-5-9(6-8)15-2/h3-7,10H,12H2,1-2H3/t7-,10+/m1/s1. The third-order valence-corrected chi connectivity index (χ3v) is 2.78. The molecular formula is C11H14N2O2. The van der Waals surface area contributed by atoms with Crippen LogP contribution in [0.1, 0.15) is 6.92 Å². The monoisotopic (exact) mass is 206 g/mol. The Labute approximate surface area is 88.6 Å². The van der Waals surface area contributed by atoms with Gasteiger partial charge in [0.25, 0.3) is 0 Å². The Morgan fingerprint density at radius 2 is 2.20 bits per heavy atom. The summed E-state index contributed by atoms with van der Waals surface area (Å²) in [4.78, 5) is 13.2. The normalized spacial score (nSPS) is 25.0. The molecule has 0 spiro atoms. The van der Waals surface area contributed by atoms with Crippen LogP contribution >= 0.6 is 0 Å². The Morgan fingerprint density at radius 3 is 2.80 bits per heavy atom. The second-order valence-electron chi connectivity index (χ2n) is 3.68. The molecule has 0 aliphatic carbocycles. The van der Waals surface area contributed by atoms with E-state index in [1.165, 1.54) is 0 Å². The third kappa shape index (κ3) is 1.47. The number of hydrogen-bond acceptors (Lipinski definition) is 3. The quantitative estimate of drug-likeness (QED) is 0.727. The van der Waals surface area contributed by atoms with Gasteiger partial charge in [-0.25, -0.2) is 0 Å². The first-order valence-electron chi connectivity index (χ1n) is 4.88. The highest BCUT2D eigenvalue weighted by atomic mass is 16.5. The number of methoxy groups -OCH3 is 1. The van der Waals surface area contributed by atoms with E-state index in [2.05, 4.69) is 0 Å². The van der Waals surface area contributed by atoms with E-state index in [4.69, 9.17) is 10.5 Å². The summed E-state index contributed by atoms with van der Waals surface area (Å²) in [5.41, 5.74) is 6.48. The fraction of sp³-hybridized carbons (Fsp3) is 0.364.